The van der Waals surface area contributed by atoms with E-state index in [9.17, 15) is 4.79 Å². The number of rotatable bonds is 1. The summed E-state index contributed by atoms with van der Waals surface area (Å²) in [5.74, 6) is 0. The molecule has 4 heteroatoms. The van der Waals surface area contributed by atoms with Crippen LogP contribution in [0.1, 0.15) is 51.3 Å². The fraction of sp³-hybridized carbons (Fsp3) is 0.533. The van der Waals surface area contributed by atoms with Crippen LogP contribution in [0.15, 0.2) is 18.2 Å². The minimum atomic E-state index is -0.470. The maximum atomic E-state index is 12.3. The molecule has 104 valence electrons. The lowest BCUT2D eigenvalue weighted by atomic mass is 10.0. The number of nitrogens with zero attached hydrogens (tertiary/aromatic N) is 1. The quantitative estimate of drug-likeness (QED) is 0.756. The summed E-state index contributed by atoms with van der Waals surface area (Å²) < 4.78 is 5.47. The van der Waals surface area contributed by atoms with Gasteiger partial charge in [-0.1, -0.05) is 24.6 Å². The summed E-state index contributed by atoms with van der Waals surface area (Å²) in [6.07, 6.45) is 0.611. The summed E-state index contributed by atoms with van der Waals surface area (Å²) in [4.78, 5) is 14.0. The monoisotopic (exact) mass is 281 g/mol. The molecule has 0 saturated carbocycles. The zero-order valence-electron chi connectivity index (χ0n) is 11.9. The van der Waals surface area contributed by atoms with Gasteiger partial charge in [-0.3, -0.25) is 4.90 Å². The number of carbonyl (C=O) groups is 1. The zero-order chi connectivity index (χ0) is 14.2. The van der Waals surface area contributed by atoms with Crippen molar-refractivity contribution in [1.82, 2.24) is 4.90 Å². The minimum Gasteiger partial charge on any atom is -0.444 e. The van der Waals surface area contributed by atoms with Gasteiger partial charge in [-0.2, -0.15) is 0 Å². The van der Waals surface area contributed by atoms with Gasteiger partial charge in [-0.25, -0.2) is 4.79 Å². The molecule has 0 N–H and O–H groups in total. The molecule has 1 atom stereocenters. The van der Waals surface area contributed by atoms with E-state index in [2.05, 4.69) is 6.92 Å². The lowest BCUT2D eigenvalue weighted by Gasteiger charge is -2.28. The van der Waals surface area contributed by atoms with E-state index in [4.69, 9.17) is 16.3 Å². The SMILES string of the molecule is CC[C@H]1c2ccc(Cl)cc2CN1C(=O)OC(C)(C)C. The van der Waals surface area contributed by atoms with Gasteiger partial charge in [0.2, 0.25) is 0 Å². The maximum Gasteiger partial charge on any atom is 0.411 e. The molecule has 2 rings (SSSR count). The van der Waals surface area contributed by atoms with Crippen molar-refractivity contribution in [2.75, 3.05) is 0 Å². The highest BCUT2D eigenvalue weighted by molar-refractivity contribution is 6.30. The summed E-state index contributed by atoms with van der Waals surface area (Å²) in [5.41, 5.74) is 1.82. The van der Waals surface area contributed by atoms with Gasteiger partial charge in [-0.05, 0) is 50.5 Å². The van der Waals surface area contributed by atoms with Crippen molar-refractivity contribution in [3.05, 3.63) is 34.3 Å². The lowest BCUT2D eigenvalue weighted by Crippen LogP contribution is -2.35. The second kappa shape index (κ2) is 5.04. The van der Waals surface area contributed by atoms with Crippen molar-refractivity contribution in [2.24, 2.45) is 0 Å². The van der Waals surface area contributed by atoms with Gasteiger partial charge in [0.15, 0.2) is 0 Å². The van der Waals surface area contributed by atoms with E-state index in [0.29, 0.717) is 11.6 Å². The van der Waals surface area contributed by atoms with E-state index in [0.717, 1.165) is 12.0 Å². The van der Waals surface area contributed by atoms with Crippen LogP contribution in [-0.4, -0.2) is 16.6 Å². The van der Waals surface area contributed by atoms with Crippen LogP contribution >= 0.6 is 11.6 Å². The molecule has 1 heterocycles. The molecule has 0 aliphatic carbocycles. The van der Waals surface area contributed by atoms with Crippen molar-refractivity contribution < 1.29 is 9.53 Å². The Balaban J connectivity index is 2.24. The number of hydrogen-bond acceptors (Lipinski definition) is 2. The van der Waals surface area contributed by atoms with Crippen molar-refractivity contribution >= 4 is 17.7 Å². The first-order chi connectivity index (χ1) is 8.81. The summed E-state index contributed by atoms with van der Waals surface area (Å²) in [6, 6.07) is 5.91. The molecular weight excluding hydrogens is 262 g/mol. The lowest BCUT2D eigenvalue weighted by molar-refractivity contribution is 0.0168. The van der Waals surface area contributed by atoms with Gasteiger partial charge < -0.3 is 4.74 Å². The molecule has 1 aromatic rings. The van der Waals surface area contributed by atoms with E-state index >= 15 is 0 Å². The van der Waals surface area contributed by atoms with E-state index in [1.54, 1.807) is 4.90 Å². The molecule has 1 aliphatic heterocycles. The highest BCUT2D eigenvalue weighted by atomic mass is 35.5. The number of hydrogen-bond donors (Lipinski definition) is 0. The summed E-state index contributed by atoms with van der Waals surface area (Å²) >= 11 is 6.01. The second-order valence-electron chi connectivity index (χ2n) is 5.88. The summed E-state index contributed by atoms with van der Waals surface area (Å²) in [7, 11) is 0. The van der Waals surface area contributed by atoms with Crippen LogP contribution in [-0.2, 0) is 11.3 Å². The van der Waals surface area contributed by atoms with Crippen LogP contribution in [0.25, 0.3) is 0 Å². The Morgan fingerprint density at radius 2 is 2.16 bits per heavy atom. The highest BCUT2D eigenvalue weighted by Crippen LogP contribution is 2.37. The summed E-state index contributed by atoms with van der Waals surface area (Å²) in [6.45, 7) is 8.29. The fourth-order valence-corrected chi connectivity index (χ4v) is 2.65. The van der Waals surface area contributed by atoms with Crippen molar-refractivity contribution in [3.63, 3.8) is 0 Å². The molecule has 0 saturated heterocycles. The number of ether oxygens (including phenoxy) is 1. The molecule has 0 radical (unpaired) electrons. The van der Waals surface area contributed by atoms with Gasteiger partial charge in [0, 0.05) is 5.02 Å². The van der Waals surface area contributed by atoms with E-state index < -0.39 is 5.60 Å². The maximum absolute atomic E-state index is 12.3. The molecule has 1 aliphatic rings. The smallest absolute Gasteiger partial charge is 0.411 e. The van der Waals surface area contributed by atoms with Crippen molar-refractivity contribution in [2.45, 2.75) is 52.3 Å². The highest BCUT2D eigenvalue weighted by Gasteiger charge is 2.34. The van der Waals surface area contributed by atoms with Gasteiger partial charge in [0.05, 0.1) is 12.6 Å². The number of halogens is 1. The number of carbonyl (C=O) groups excluding carboxylic acids is 1. The molecular formula is C15H20ClNO2. The van der Waals surface area contributed by atoms with E-state index in [1.165, 1.54) is 5.56 Å². The van der Waals surface area contributed by atoms with Crippen LogP contribution < -0.4 is 0 Å². The van der Waals surface area contributed by atoms with E-state index in [1.807, 2.05) is 39.0 Å². The van der Waals surface area contributed by atoms with Crippen LogP contribution in [0.2, 0.25) is 5.02 Å². The normalized spacial score (nSPS) is 18.4. The largest absolute Gasteiger partial charge is 0.444 e. The second-order valence-corrected chi connectivity index (χ2v) is 6.31. The van der Waals surface area contributed by atoms with Crippen LogP contribution in [0.4, 0.5) is 4.79 Å². The van der Waals surface area contributed by atoms with Crippen LogP contribution in [0.3, 0.4) is 0 Å². The first kappa shape index (κ1) is 14.2. The molecule has 0 spiro atoms. The summed E-state index contributed by atoms with van der Waals surface area (Å²) in [5, 5.41) is 0.708. The molecule has 19 heavy (non-hydrogen) atoms. The predicted molar refractivity (Wildman–Crippen MR) is 76.3 cm³/mol. The van der Waals surface area contributed by atoms with Gasteiger partial charge in [0.25, 0.3) is 0 Å². The standard InChI is InChI=1S/C15H20ClNO2/c1-5-13-12-7-6-11(16)8-10(12)9-17(13)14(18)19-15(2,3)4/h6-8,13H,5,9H2,1-4H3/t13-/m0/s1. The Hall–Kier alpha value is -1.22. The van der Waals surface area contributed by atoms with Gasteiger partial charge in [0.1, 0.15) is 5.60 Å². The Morgan fingerprint density at radius 3 is 2.74 bits per heavy atom. The average molecular weight is 282 g/mol. The predicted octanol–water partition coefficient (Wildman–Crippen LogP) is 4.54. The van der Waals surface area contributed by atoms with Crippen molar-refractivity contribution in [3.8, 4) is 0 Å². The Morgan fingerprint density at radius 1 is 1.47 bits per heavy atom. The molecule has 0 aromatic heterocycles. The Labute approximate surface area is 119 Å². The molecule has 0 bridgehead atoms. The zero-order valence-corrected chi connectivity index (χ0v) is 12.6. The topological polar surface area (TPSA) is 29.5 Å². The third kappa shape index (κ3) is 3.03. The van der Waals surface area contributed by atoms with Crippen molar-refractivity contribution in [1.29, 1.82) is 0 Å². The first-order valence-electron chi connectivity index (χ1n) is 6.60. The minimum absolute atomic E-state index is 0.0853. The molecule has 0 fully saturated rings. The Bertz CT molecular complexity index is 493. The third-order valence-electron chi connectivity index (χ3n) is 3.20. The Kier molecular flexibility index (Phi) is 3.77. The molecule has 0 unspecified atom stereocenters. The van der Waals surface area contributed by atoms with E-state index in [-0.39, 0.29) is 12.1 Å². The molecule has 1 amide bonds. The average Bonchev–Trinajstić information content (AvgIpc) is 2.64. The van der Waals surface area contributed by atoms with Gasteiger partial charge >= 0.3 is 6.09 Å². The van der Waals surface area contributed by atoms with Gasteiger partial charge in [-0.15, -0.1) is 0 Å². The molecule has 3 nitrogen and oxygen atoms in total. The number of amides is 1. The fourth-order valence-electron chi connectivity index (χ4n) is 2.45. The van der Waals surface area contributed by atoms with Crippen LogP contribution in [0.5, 0.6) is 0 Å². The first-order valence-corrected chi connectivity index (χ1v) is 6.97. The molecule has 1 aromatic carbocycles. The third-order valence-corrected chi connectivity index (χ3v) is 3.43. The number of fused-ring (bicyclic) bond motifs is 1. The number of benzene rings is 1. The van der Waals surface area contributed by atoms with Crippen LogP contribution in [0, 0.1) is 0 Å².